The molecule has 2 atom stereocenters. The number of amides is 1. The van der Waals surface area contributed by atoms with E-state index >= 15 is 0 Å². The molecule has 2 aromatic rings. The van der Waals surface area contributed by atoms with Crippen molar-refractivity contribution in [1.82, 2.24) is 9.47 Å². The molecule has 1 aliphatic carbocycles. The SMILES string of the molecule is C[C@H](CC1CCC1)C(=O)N1CC[C@@](O)(Cn2cc(C(=O)O)c(-c3ccccc3F)cc2=O)C(C)(C)C1. The predicted octanol–water partition coefficient (Wildman–Crippen LogP) is 4.17. The van der Waals surface area contributed by atoms with Gasteiger partial charge in [-0.2, -0.15) is 0 Å². The van der Waals surface area contributed by atoms with Crippen molar-refractivity contribution in [2.75, 3.05) is 13.1 Å². The molecule has 2 fully saturated rings. The van der Waals surface area contributed by atoms with Gasteiger partial charge in [0.15, 0.2) is 0 Å². The summed E-state index contributed by atoms with van der Waals surface area (Å²) in [5.41, 5.74) is -2.83. The molecule has 1 aromatic carbocycles. The monoisotopic (exact) mass is 498 g/mol. The molecule has 8 heteroatoms. The van der Waals surface area contributed by atoms with Crippen LogP contribution in [0.15, 0.2) is 41.3 Å². The summed E-state index contributed by atoms with van der Waals surface area (Å²) in [5, 5.41) is 21.5. The molecule has 36 heavy (non-hydrogen) atoms. The number of carbonyl (C=O) groups excluding carboxylic acids is 1. The molecule has 2 N–H and O–H groups in total. The summed E-state index contributed by atoms with van der Waals surface area (Å²) in [5.74, 6) is -1.27. The minimum absolute atomic E-state index is 0.00559. The smallest absolute Gasteiger partial charge is 0.337 e. The second kappa shape index (κ2) is 9.81. The fourth-order valence-corrected chi connectivity index (χ4v) is 5.54. The Morgan fingerprint density at radius 2 is 1.89 bits per heavy atom. The molecule has 194 valence electrons. The first-order chi connectivity index (χ1) is 16.9. The van der Waals surface area contributed by atoms with Crippen LogP contribution in [0.25, 0.3) is 11.1 Å². The number of hydrogen-bond donors (Lipinski definition) is 2. The van der Waals surface area contributed by atoms with Crippen molar-refractivity contribution in [3.8, 4) is 11.1 Å². The molecule has 1 saturated heterocycles. The number of rotatable bonds is 7. The lowest BCUT2D eigenvalue weighted by molar-refractivity contribution is -0.157. The molecule has 1 amide bonds. The van der Waals surface area contributed by atoms with E-state index in [2.05, 4.69) is 0 Å². The van der Waals surface area contributed by atoms with Crippen molar-refractivity contribution in [2.24, 2.45) is 17.3 Å². The van der Waals surface area contributed by atoms with Crippen molar-refractivity contribution in [2.45, 2.75) is 65.0 Å². The van der Waals surface area contributed by atoms with Gasteiger partial charge < -0.3 is 19.7 Å². The van der Waals surface area contributed by atoms with Gasteiger partial charge in [0.25, 0.3) is 5.56 Å². The number of carboxylic acids is 1. The number of aromatic carboxylic acids is 1. The van der Waals surface area contributed by atoms with Gasteiger partial charge in [-0.1, -0.05) is 58.2 Å². The summed E-state index contributed by atoms with van der Waals surface area (Å²) >= 11 is 0. The third-order valence-electron chi connectivity index (χ3n) is 8.24. The molecule has 0 radical (unpaired) electrons. The fourth-order valence-electron chi connectivity index (χ4n) is 5.54. The van der Waals surface area contributed by atoms with Crippen LogP contribution in [0.2, 0.25) is 0 Å². The van der Waals surface area contributed by atoms with E-state index in [9.17, 15) is 29.0 Å². The van der Waals surface area contributed by atoms with Crippen molar-refractivity contribution >= 4 is 11.9 Å². The second-order valence-corrected chi connectivity index (χ2v) is 11.2. The highest BCUT2D eigenvalue weighted by atomic mass is 19.1. The van der Waals surface area contributed by atoms with E-state index in [-0.39, 0.29) is 41.5 Å². The van der Waals surface area contributed by atoms with Crippen molar-refractivity contribution < 1.29 is 24.2 Å². The summed E-state index contributed by atoms with van der Waals surface area (Å²) in [6.07, 6.45) is 5.93. The summed E-state index contributed by atoms with van der Waals surface area (Å²) in [7, 11) is 0. The highest BCUT2D eigenvalue weighted by Gasteiger charge is 2.49. The lowest BCUT2D eigenvalue weighted by atomic mass is 9.69. The molecule has 2 heterocycles. The number of hydrogen-bond acceptors (Lipinski definition) is 4. The van der Waals surface area contributed by atoms with Crippen molar-refractivity contribution in [3.05, 3.63) is 58.3 Å². The van der Waals surface area contributed by atoms with Crippen LogP contribution in [-0.2, 0) is 11.3 Å². The third kappa shape index (κ3) is 4.96. The number of nitrogens with zero attached hydrogens (tertiary/aromatic N) is 2. The lowest BCUT2D eigenvalue weighted by Crippen LogP contribution is -2.61. The number of benzene rings is 1. The first kappa shape index (κ1) is 26.1. The molecule has 7 nitrogen and oxygen atoms in total. The van der Waals surface area contributed by atoms with Gasteiger partial charge >= 0.3 is 5.97 Å². The van der Waals surface area contributed by atoms with Gasteiger partial charge in [-0.25, -0.2) is 9.18 Å². The van der Waals surface area contributed by atoms with Crippen LogP contribution in [-0.4, -0.2) is 50.2 Å². The molecule has 0 bridgehead atoms. The van der Waals surface area contributed by atoms with Crippen LogP contribution in [0.5, 0.6) is 0 Å². The molecular formula is C28H35FN2O5. The quantitative estimate of drug-likeness (QED) is 0.597. The van der Waals surface area contributed by atoms with Crippen molar-refractivity contribution in [1.29, 1.82) is 0 Å². The first-order valence-corrected chi connectivity index (χ1v) is 12.7. The Labute approximate surface area is 210 Å². The van der Waals surface area contributed by atoms with Crippen molar-refractivity contribution in [3.63, 3.8) is 0 Å². The van der Waals surface area contributed by atoms with E-state index in [1.807, 2.05) is 25.7 Å². The Morgan fingerprint density at radius 1 is 1.19 bits per heavy atom. The molecule has 1 aromatic heterocycles. The molecule has 0 spiro atoms. The standard InChI is InChI=1S/C28H35FN2O5/c1-18(13-19-7-6-8-19)25(33)30-12-11-28(36,27(2,3)16-30)17-31-15-22(26(34)35)21(14-24(31)32)20-9-4-5-10-23(20)29/h4-5,9-10,14-15,18-19,36H,6-8,11-13,16-17H2,1-3H3,(H,34,35)/t18-,28-/m1/s1. The summed E-state index contributed by atoms with van der Waals surface area (Å²) < 4.78 is 15.6. The number of carboxylic acid groups (broad SMARTS) is 1. The van der Waals surface area contributed by atoms with Gasteiger partial charge in [0.1, 0.15) is 5.82 Å². The summed E-state index contributed by atoms with van der Waals surface area (Å²) in [6.45, 7) is 6.27. The second-order valence-electron chi connectivity index (χ2n) is 11.2. The Morgan fingerprint density at radius 3 is 2.47 bits per heavy atom. The van der Waals surface area contributed by atoms with E-state index in [1.54, 1.807) is 6.07 Å². The van der Waals surface area contributed by atoms with Gasteiger partial charge in [0, 0.05) is 47.8 Å². The van der Waals surface area contributed by atoms with E-state index in [4.69, 9.17) is 0 Å². The number of piperidine rings is 1. The minimum atomic E-state index is -1.35. The number of pyridine rings is 1. The molecule has 2 aliphatic rings. The average molecular weight is 499 g/mol. The number of likely N-dealkylation sites (tertiary alicyclic amines) is 1. The highest BCUT2D eigenvalue weighted by Crippen LogP contribution is 2.41. The Hall–Kier alpha value is -3.00. The average Bonchev–Trinajstić information content (AvgIpc) is 2.79. The van der Waals surface area contributed by atoms with E-state index in [0.717, 1.165) is 12.5 Å². The van der Waals surface area contributed by atoms with E-state index < -0.39 is 28.4 Å². The van der Waals surface area contributed by atoms with Gasteiger partial charge in [-0.3, -0.25) is 9.59 Å². The maximum atomic E-state index is 14.4. The van der Waals surface area contributed by atoms with E-state index in [1.165, 1.54) is 48.2 Å². The normalized spacial score (nSPS) is 22.6. The van der Waals surface area contributed by atoms with E-state index in [0.29, 0.717) is 19.0 Å². The Kier molecular flexibility index (Phi) is 7.10. The van der Waals surface area contributed by atoms with Gasteiger partial charge in [-0.05, 0) is 24.8 Å². The van der Waals surface area contributed by atoms with Crippen LogP contribution in [0.4, 0.5) is 4.39 Å². The Bertz CT molecular complexity index is 1220. The molecule has 1 aliphatic heterocycles. The highest BCUT2D eigenvalue weighted by molar-refractivity contribution is 5.95. The zero-order valence-corrected chi connectivity index (χ0v) is 21.2. The van der Waals surface area contributed by atoms with Gasteiger partial charge in [0.2, 0.25) is 5.91 Å². The topological polar surface area (TPSA) is 99.8 Å². The number of halogens is 1. The number of aliphatic hydroxyl groups is 1. The lowest BCUT2D eigenvalue weighted by Gasteiger charge is -2.51. The van der Waals surface area contributed by atoms with Crippen LogP contribution in [0.1, 0.15) is 63.2 Å². The van der Waals surface area contributed by atoms with Crippen LogP contribution < -0.4 is 5.56 Å². The maximum Gasteiger partial charge on any atom is 0.337 e. The third-order valence-corrected chi connectivity index (χ3v) is 8.24. The summed E-state index contributed by atoms with van der Waals surface area (Å²) in [4.78, 5) is 39.9. The summed E-state index contributed by atoms with van der Waals surface area (Å²) in [6, 6.07) is 6.81. The zero-order chi connectivity index (χ0) is 26.3. The maximum absolute atomic E-state index is 14.4. The largest absolute Gasteiger partial charge is 0.478 e. The fraction of sp³-hybridized carbons (Fsp3) is 0.536. The van der Waals surface area contributed by atoms with Gasteiger partial charge in [0.05, 0.1) is 17.7 Å². The first-order valence-electron chi connectivity index (χ1n) is 12.7. The zero-order valence-electron chi connectivity index (χ0n) is 21.2. The molecule has 4 rings (SSSR count). The van der Waals surface area contributed by atoms with Crippen LogP contribution in [0, 0.1) is 23.1 Å². The number of aromatic nitrogens is 1. The molecule has 1 saturated carbocycles. The van der Waals surface area contributed by atoms with Crippen LogP contribution in [0.3, 0.4) is 0 Å². The minimum Gasteiger partial charge on any atom is -0.478 e. The Balaban J connectivity index is 1.56. The molecular weight excluding hydrogens is 463 g/mol. The number of carbonyl (C=O) groups is 2. The van der Waals surface area contributed by atoms with Crippen LogP contribution >= 0.6 is 0 Å². The molecule has 0 unspecified atom stereocenters. The van der Waals surface area contributed by atoms with Gasteiger partial charge in [-0.15, -0.1) is 0 Å². The predicted molar refractivity (Wildman–Crippen MR) is 134 cm³/mol.